The van der Waals surface area contributed by atoms with Gasteiger partial charge in [0.2, 0.25) is 5.91 Å². The average molecular weight is 389 g/mol. The van der Waals surface area contributed by atoms with Crippen molar-refractivity contribution in [1.29, 1.82) is 0 Å². The van der Waals surface area contributed by atoms with Gasteiger partial charge in [0.25, 0.3) is 5.56 Å². The van der Waals surface area contributed by atoms with Gasteiger partial charge in [0.1, 0.15) is 11.6 Å². The zero-order valence-corrected chi connectivity index (χ0v) is 16.3. The lowest BCUT2D eigenvalue weighted by Gasteiger charge is -2.26. The predicted octanol–water partition coefficient (Wildman–Crippen LogP) is 2.86. The van der Waals surface area contributed by atoms with Crippen LogP contribution in [0.2, 0.25) is 0 Å². The number of hydrogen-bond donors (Lipinski definition) is 3. The van der Waals surface area contributed by atoms with E-state index in [4.69, 9.17) is 4.74 Å². The number of benzene rings is 1. The number of phenols is 1. The fourth-order valence-electron chi connectivity index (χ4n) is 3.20. The van der Waals surface area contributed by atoms with Gasteiger partial charge >= 0.3 is 0 Å². The Kier molecular flexibility index (Phi) is 5.74. The van der Waals surface area contributed by atoms with Crippen LogP contribution < -0.4 is 15.6 Å². The topological polar surface area (TPSA) is 93.5 Å². The number of carbonyl (C=O) groups excluding carboxylic acids is 1. The maximum atomic E-state index is 12.9. The van der Waals surface area contributed by atoms with Crippen LogP contribution in [-0.2, 0) is 11.2 Å². The molecule has 2 aromatic rings. The minimum absolute atomic E-state index is 0.0183. The molecule has 0 saturated carbocycles. The van der Waals surface area contributed by atoms with Crippen molar-refractivity contribution in [3.8, 4) is 11.5 Å². The molecule has 144 valence electrons. The zero-order valence-electron chi connectivity index (χ0n) is 15.4. The molecule has 7 nitrogen and oxygen atoms in total. The minimum Gasteiger partial charge on any atom is -0.504 e. The molecule has 1 atom stereocenters. The van der Waals surface area contributed by atoms with Crippen LogP contribution in [0.4, 0.5) is 5.82 Å². The number of aromatic nitrogens is 2. The summed E-state index contributed by atoms with van der Waals surface area (Å²) in [5.41, 5.74) is 0.733. The third-order valence-corrected chi connectivity index (χ3v) is 4.89. The van der Waals surface area contributed by atoms with Gasteiger partial charge in [-0.05, 0) is 30.5 Å². The molecule has 0 fully saturated rings. The standard InChI is InChI=1S/C19H23N3O4S/c1-3-5-15-20-18-17(19(25)22(15)27)12(10-16(24)21-18)11-6-7-14(13(23)9-11)26-8-4-2/h6-7,9,12,23,27H,3-5,8,10H2,1-2H3,(H,21,24). The van der Waals surface area contributed by atoms with Crippen molar-refractivity contribution in [3.63, 3.8) is 0 Å². The van der Waals surface area contributed by atoms with Gasteiger partial charge in [0.15, 0.2) is 11.5 Å². The van der Waals surface area contributed by atoms with Crippen molar-refractivity contribution < 1.29 is 14.6 Å². The van der Waals surface area contributed by atoms with Crippen LogP contribution >= 0.6 is 12.8 Å². The largest absolute Gasteiger partial charge is 0.504 e. The van der Waals surface area contributed by atoms with E-state index in [0.29, 0.717) is 35.7 Å². The monoisotopic (exact) mass is 389 g/mol. The number of hydrogen-bond acceptors (Lipinski definition) is 6. The molecule has 3 rings (SSSR count). The summed E-state index contributed by atoms with van der Waals surface area (Å²) in [6, 6.07) is 4.96. The van der Waals surface area contributed by atoms with Crippen LogP contribution in [-0.4, -0.2) is 26.6 Å². The zero-order chi connectivity index (χ0) is 19.6. The van der Waals surface area contributed by atoms with Crippen molar-refractivity contribution in [1.82, 2.24) is 8.96 Å². The van der Waals surface area contributed by atoms with Crippen molar-refractivity contribution >= 4 is 24.5 Å². The summed E-state index contributed by atoms with van der Waals surface area (Å²) in [5.74, 6) is 0.426. The highest BCUT2D eigenvalue weighted by molar-refractivity contribution is 7.78. The number of nitrogens with zero attached hydrogens (tertiary/aromatic N) is 2. The number of fused-ring (bicyclic) bond motifs is 1. The van der Waals surface area contributed by atoms with E-state index in [1.165, 1.54) is 3.97 Å². The Hall–Kier alpha value is -2.48. The Balaban J connectivity index is 2.06. The summed E-state index contributed by atoms with van der Waals surface area (Å²) in [7, 11) is 0. The lowest BCUT2D eigenvalue weighted by molar-refractivity contribution is -0.116. The number of thiol groups is 1. The second-order valence-electron chi connectivity index (χ2n) is 6.54. The van der Waals surface area contributed by atoms with Crippen molar-refractivity contribution in [2.24, 2.45) is 0 Å². The summed E-state index contributed by atoms with van der Waals surface area (Å²) in [4.78, 5) is 29.5. The van der Waals surface area contributed by atoms with Crippen LogP contribution in [0.15, 0.2) is 23.0 Å². The second-order valence-corrected chi connectivity index (χ2v) is 6.94. The van der Waals surface area contributed by atoms with Crippen molar-refractivity contribution in [2.45, 2.75) is 45.4 Å². The highest BCUT2D eigenvalue weighted by Gasteiger charge is 2.32. The Bertz CT molecular complexity index is 926. The molecule has 0 bridgehead atoms. The van der Waals surface area contributed by atoms with Gasteiger partial charge in [-0.2, -0.15) is 0 Å². The van der Waals surface area contributed by atoms with Gasteiger partial charge < -0.3 is 15.2 Å². The molecule has 1 amide bonds. The summed E-state index contributed by atoms with van der Waals surface area (Å²) in [6.45, 7) is 4.45. The first-order chi connectivity index (χ1) is 13.0. The smallest absolute Gasteiger partial charge is 0.269 e. The Morgan fingerprint density at radius 1 is 1.33 bits per heavy atom. The van der Waals surface area contributed by atoms with Crippen molar-refractivity contribution in [2.75, 3.05) is 11.9 Å². The van der Waals surface area contributed by atoms with E-state index in [1.807, 2.05) is 13.8 Å². The van der Waals surface area contributed by atoms with E-state index in [0.717, 1.165) is 12.8 Å². The van der Waals surface area contributed by atoms with Crippen LogP contribution in [0.5, 0.6) is 11.5 Å². The molecule has 1 aromatic heterocycles. The van der Waals surface area contributed by atoms with Gasteiger partial charge in [-0.1, -0.05) is 32.7 Å². The number of ether oxygens (including phenoxy) is 1. The van der Waals surface area contributed by atoms with Crippen molar-refractivity contribution in [3.05, 3.63) is 45.5 Å². The molecule has 0 saturated heterocycles. The third-order valence-electron chi connectivity index (χ3n) is 4.48. The molecule has 2 N–H and O–H groups in total. The highest BCUT2D eigenvalue weighted by Crippen LogP contribution is 2.37. The van der Waals surface area contributed by atoms with E-state index in [-0.39, 0.29) is 29.5 Å². The average Bonchev–Trinajstić information content (AvgIpc) is 2.64. The maximum absolute atomic E-state index is 12.9. The first-order valence-electron chi connectivity index (χ1n) is 9.06. The number of phenolic OH excluding ortho intramolecular Hbond substituents is 1. The lowest BCUT2D eigenvalue weighted by atomic mass is 9.86. The molecule has 0 aliphatic carbocycles. The molecule has 1 aliphatic heterocycles. The summed E-state index contributed by atoms with van der Waals surface area (Å²) in [6.07, 6.45) is 2.30. The maximum Gasteiger partial charge on any atom is 0.269 e. The lowest BCUT2D eigenvalue weighted by Crippen LogP contribution is -2.34. The Labute approximate surface area is 162 Å². The quantitative estimate of drug-likeness (QED) is 0.661. The van der Waals surface area contributed by atoms with E-state index < -0.39 is 5.92 Å². The summed E-state index contributed by atoms with van der Waals surface area (Å²) < 4.78 is 6.73. The molecule has 1 unspecified atom stereocenters. The molecule has 8 heteroatoms. The molecular weight excluding hydrogens is 366 g/mol. The van der Waals surface area contributed by atoms with Gasteiger partial charge in [0.05, 0.1) is 12.2 Å². The first-order valence-corrected chi connectivity index (χ1v) is 9.46. The van der Waals surface area contributed by atoms with Gasteiger partial charge in [-0.15, -0.1) is 0 Å². The third kappa shape index (κ3) is 3.80. The van der Waals surface area contributed by atoms with Gasteiger partial charge in [0, 0.05) is 18.8 Å². The molecular formula is C19H23N3O4S. The fourth-order valence-corrected chi connectivity index (χ4v) is 3.46. The van der Waals surface area contributed by atoms with Crippen LogP contribution in [0.25, 0.3) is 0 Å². The number of carbonyl (C=O) groups is 1. The van der Waals surface area contributed by atoms with E-state index in [9.17, 15) is 14.7 Å². The highest BCUT2D eigenvalue weighted by atomic mass is 32.1. The molecule has 2 heterocycles. The molecule has 1 aromatic carbocycles. The normalized spacial score (nSPS) is 16.0. The number of aryl methyl sites for hydroxylation is 1. The Morgan fingerprint density at radius 3 is 2.78 bits per heavy atom. The Morgan fingerprint density at radius 2 is 2.11 bits per heavy atom. The molecule has 0 radical (unpaired) electrons. The number of amides is 1. The number of nitrogens with one attached hydrogen (secondary N) is 1. The SMILES string of the molecule is CCCOc1ccc(C2CC(=O)Nc3nc(CCC)n(S)c(=O)c32)cc1O. The minimum atomic E-state index is -0.506. The molecule has 0 spiro atoms. The number of rotatable bonds is 6. The van der Waals surface area contributed by atoms with Gasteiger partial charge in [-0.25, -0.2) is 8.96 Å². The molecule has 27 heavy (non-hydrogen) atoms. The van der Waals surface area contributed by atoms with Gasteiger partial charge in [-0.3, -0.25) is 9.59 Å². The second kappa shape index (κ2) is 8.04. The van der Waals surface area contributed by atoms with Crippen LogP contribution in [0.3, 0.4) is 0 Å². The summed E-state index contributed by atoms with van der Waals surface area (Å²) in [5, 5.41) is 13.0. The van der Waals surface area contributed by atoms with Crippen LogP contribution in [0, 0.1) is 0 Å². The fraction of sp³-hybridized carbons (Fsp3) is 0.421. The molecule has 1 aliphatic rings. The van der Waals surface area contributed by atoms with E-state index in [2.05, 4.69) is 23.1 Å². The number of anilines is 1. The van der Waals surface area contributed by atoms with E-state index in [1.54, 1.807) is 18.2 Å². The number of aromatic hydroxyl groups is 1. The summed E-state index contributed by atoms with van der Waals surface area (Å²) >= 11 is 4.29. The van der Waals surface area contributed by atoms with Crippen LogP contribution in [0.1, 0.15) is 56.0 Å². The predicted molar refractivity (Wildman–Crippen MR) is 106 cm³/mol. The first kappa shape index (κ1) is 19.3. The van der Waals surface area contributed by atoms with E-state index >= 15 is 0 Å².